The Hall–Kier alpha value is -1.56. The molecule has 0 fully saturated rings. The quantitative estimate of drug-likeness (QED) is 0.770. The molecule has 0 radical (unpaired) electrons. The zero-order valence-corrected chi connectivity index (χ0v) is 13.7. The predicted molar refractivity (Wildman–Crippen MR) is 85.9 cm³/mol. The van der Waals surface area contributed by atoms with Gasteiger partial charge in [0.05, 0.1) is 6.61 Å². The van der Waals surface area contributed by atoms with E-state index in [1.165, 1.54) is 0 Å². The molecule has 0 saturated carbocycles. The van der Waals surface area contributed by atoms with Gasteiger partial charge in [-0.1, -0.05) is 26.0 Å². The molecule has 0 heterocycles. The van der Waals surface area contributed by atoms with Gasteiger partial charge in [0.15, 0.2) is 0 Å². The molecule has 1 aromatic carbocycles. The van der Waals surface area contributed by atoms with E-state index in [1.807, 2.05) is 24.3 Å². The van der Waals surface area contributed by atoms with E-state index < -0.39 is 10.8 Å². The van der Waals surface area contributed by atoms with Crippen LogP contribution >= 0.6 is 0 Å². The minimum absolute atomic E-state index is 0.256. The number of nitrogens with one attached hydrogen (secondary N) is 2. The first-order chi connectivity index (χ1) is 9.97. The molecule has 5 nitrogen and oxygen atoms in total. The number of hydrogen-bond acceptors (Lipinski definition) is 3. The van der Waals surface area contributed by atoms with Gasteiger partial charge in [0, 0.05) is 35.9 Å². The van der Waals surface area contributed by atoms with Gasteiger partial charge in [-0.05, 0) is 23.6 Å². The van der Waals surface area contributed by atoms with Crippen LogP contribution < -0.4 is 15.4 Å². The lowest BCUT2D eigenvalue weighted by atomic mass is 10.2. The first-order valence-electron chi connectivity index (χ1n) is 7.01. The molecule has 1 rings (SSSR count). The Morgan fingerprint density at radius 2 is 2.10 bits per heavy atom. The van der Waals surface area contributed by atoms with Crippen molar-refractivity contribution in [2.45, 2.75) is 20.4 Å². The van der Waals surface area contributed by atoms with Gasteiger partial charge in [-0.3, -0.25) is 4.21 Å². The van der Waals surface area contributed by atoms with Crippen molar-refractivity contribution in [2.75, 3.05) is 25.2 Å². The Kier molecular flexibility index (Phi) is 7.82. The molecule has 1 atom stereocenters. The molecule has 1 aromatic rings. The second-order valence-electron chi connectivity index (χ2n) is 5.24. The molecular weight excluding hydrogens is 288 g/mol. The van der Waals surface area contributed by atoms with E-state index in [9.17, 15) is 9.00 Å². The molecule has 0 aromatic heterocycles. The highest BCUT2D eigenvalue weighted by Gasteiger charge is 2.02. The number of rotatable bonds is 8. The van der Waals surface area contributed by atoms with E-state index in [1.54, 1.807) is 6.26 Å². The summed E-state index contributed by atoms with van der Waals surface area (Å²) in [5, 5.41) is 5.42. The van der Waals surface area contributed by atoms with E-state index >= 15 is 0 Å². The Balaban J connectivity index is 2.35. The van der Waals surface area contributed by atoms with Gasteiger partial charge in [0.2, 0.25) is 0 Å². The van der Waals surface area contributed by atoms with Crippen molar-refractivity contribution in [1.29, 1.82) is 0 Å². The van der Waals surface area contributed by atoms with Gasteiger partial charge in [0.25, 0.3) is 0 Å². The smallest absolute Gasteiger partial charge is 0.315 e. The van der Waals surface area contributed by atoms with Crippen LogP contribution in [0.25, 0.3) is 0 Å². The molecule has 2 amide bonds. The number of hydrogen-bond donors (Lipinski definition) is 2. The number of carbonyl (C=O) groups is 1. The largest absolute Gasteiger partial charge is 0.493 e. The first-order valence-corrected chi connectivity index (χ1v) is 8.73. The maximum Gasteiger partial charge on any atom is 0.315 e. The van der Waals surface area contributed by atoms with E-state index in [-0.39, 0.29) is 6.03 Å². The molecule has 0 saturated heterocycles. The van der Waals surface area contributed by atoms with Crippen LogP contribution in [0.5, 0.6) is 5.75 Å². The monoisotopic (exact) mass is 312 g/mol. The summed E-state index contributed by atoms with van der Waals surface area (Å²) in [5.41, 5.74) is 0.977. The third kappa shape index (κ3) is 8.34. The lowest BCUT2D eigenvalue weighted by molar-refractivity contribution is 0.241. The average molecular weight is 312 g/mol. The summed E-state index contributed by atoms with van der Waals surface area (Å²) in [5.74, 6) is 1.75. The predicted octanol–water partition coefficient (Wildman–Crippen LogP) is 1.90. The van der Waals surface area contributed by atoms with Gasteiger partial charge in [-0.15, -0.1) is 0 Å². The SMILES string of the molecule is CC(C)COc1cccc(CNC(=O)NCC[S@@](C)=O)c1. The highest BCUT2D eigenvalue weighted by atomic mass is 32.2. The molecule has 6 heteroatoms. The van der Waals surface area contributed by atoms with Crippen LogP contribution in [-0.4, -0.2) is 35.4 Å². The fourth-order valence-electron chi connectivity index (χ4n) is 1.56. The van der Waals surface area contributed by atoms with Crippen LogP contribution in [0.1, 0.15) is 19.4 Å². The number of urea groups is 1. The maximum absolute atomic E-state index is 11.5. The molecule has 0 bridgehead atoms. The van der Waals surface area contributed by atoms with Crippen LogP contribution in [-0.2, 0) is 17.3 Å². The van der Waals surface area contributed by atoms with Crippen molar-refractivity contribution in [3.8, 4) is 5.75 Å². The van der Waals surface area contributed by atoms with Crippen LogP contribution in [0.2, 0.25) is 0 Å². The zero-order valence-electron chi connectivity index (χ0n) is 12.8. The summed E-state index contributed by atoms with van der Waals surface area (Å²) in [4.78, 5) is 11.5. The number of benzene rings is 1. The van der Waals surface area contributed by atoms with E-state index in [0.717, 1.165) is 11.3 Å². The summed E-state index contributed by atoms with van der Waals surface area (Å²) in [7, 11) is -0.890. The van der Waals surface area contributed by atoms with E-state index in [4.69, 9.17) is 4.74 Å². The molecule has 0 aliphatic carbocycles. The zero-order chi connectivity index (χ0) is 15.7. The van der Waals surface area contributed by atoms with Gasteiger partial charge in [-0.25, -0.2) is 4.79 Å². The van der Waals surface area contributed by atoms with Crippen LogP contribution in [0.4, 0.5) is 4.79 Å². The van der Waals surface area contributed by atoms with Gasteiger partial charge in [0.1, 0.15) is 5.75 Å². The summed E-state index contributed by atoms with van der Waals surface area (Å²) in [6, 6.07) is 7.41. The average Bonchev–Trinajstić information content (AvgIpc) is 2.43. The minimum Gasteiger partial charge on any atom is -0.493 e. The lowest BCUT2D eigenvalue weighted by Gasteiger charge is -2.11. The van der Waals surface area contributed by atoms with Crippen LogP contribution in [0.3, 0.4) is 0 Å². The Morgan fingerprint density at radius 3 is 2.76 bits per heavy atom. The molecule has 0 spiro atoms. The van der Waals surface area contributed by atoms with E-state index in [0.29, 0.717) is 31.4 Å². The number of ether oxygens (including phenoxy) is 1. The minimum atomic E-state index is -0.890. The fraction of sp³-hybridized carbons (Fsp3) is 0.533. The Labute approximate surface area is 128 Å². The highest BCUT2D eigenvalue weighted by molar-refractivity contribution is 7.84. The summed E-state index contributed by atoms with van der Waals surface area (Å²) >= 11 is 0. The van der Waals surface area contributed by atoms with Gasteiger partial charge >= 0.3 is 6.03 Å². The Bertz CT molecular complexity index is 478. The summed E-state index contributed by atoms with van der Waals surface area (Å²) in [6.45, 7) is 5.70. The number of amides is 2. The van der Waals surface area contributed by atoms with Crippen molar-refractivity contribution >= 4 is 16.8 Å². The third-order valence-corrected chi connectivity index (χ3v) is 3.39. The van der Waals surface area contributed by atoms with Crippen molar-refractivity contribution in [2.24, 2.45) is 5.92 Å². The highest BCUT2D eigenvalue weighted by Crippen LogP contribution is 2.14. The van der Waals surface area contributed by atoms with Crippen LogP contribution in [0, 0.1) is 5.92 Å². The second-order valence-corrected chi connectivity index (χ2v) is 6.79. The summed E-state index contributed by atoms with van der Waals surface area (Å²) < 4.78 is 16.5. The van der Waals surface area contributed by atoms with Gasteiger partial charge < -0.3 is 15.4 Å². The molecule has 0 aliphatic heterocycles. The summed E-state index contributed by atoms with van der Waals surface area (Å²) in [6.07, 6.45) is 1.61. The molecule has 21 heavy (non-hydrogen) atoms. The molecule has 2 N–H and O–H groups in total. The molecule has 0 aliphatic rings. The van der Waals surface area contributed by atoms with Crippen molar-refractivity contribution in [3.05, 3.63) is 29.8 Å². The number of carbonyl (C=O) groups excluding carboxylic acids is 1. The molecule has 0 unspecified atom stereocenters. The van der Waals surface area contributed by atoms with E-state index in [2.05, 4.69) is 24.5 Å². The second kappa shape index (κ2) is 9.39. The molecule has 118 valence electrons. The normalized spacial score (nSPS) is 12.0. The van der Waals surface area contributed by atoms with Crippen molar-refractivity contribution in [1.82, 2.24) is 10.6 Å². The fourth-order valence-corrected chi connectivity index (χ4v) is 1.95. The van der Waals surface area contributed by atoms with Crippen LogP contribution in [0.15, 0.2) is 24.3 Å². The Morgan fingerprint density at radius 1 is 1.33 bits per heavy atom. The topological polar surface area (TPSA) is 67.4 Å². The van der Waals surface area contributed by atoms with Crippen molar-refractivity contribution < 1.29 is 13.7 Å². The first kappa shape index (κ1) is 17.5. The third-order valence-electron chi connectivity index (χ3n) is 2.61. The maximum atomic E-state index is 11.5. The standard InChI is InChI=1S/C15H24N2O3S/c1-12(2)11-20-14-6-4-5-13(9-14)10-17-15(18)16-7-8-21(3)19/h4-6,9,12H,7-8,10-11H2,1-3H3,(H2,16,17,18)/t21-/m1/s1. The molecular formula is C15H24N2O3S. The lowest BCUT2D eigenvalue weighted by Crippen LogP contribution is -2.37. The van der Waals surface area contributed by atoms with Crippen molar-refractivity contribution in [3.63, 3.8) is 0 Å². The van der Waals surface area contributed by atoms with Gasteiger partial charge in [-0.2, -0.15) is 0 Å².